The van der Waals surface area contributed by atoms with E-state index in [2.05, 4.69) is 5.32 Å². The fourth-order valence-corrected chi connectivity index (χ4v) is 3.34. The summed E-state index contributed by atoms with van der Waals surface area (Å²) < 4.78 is 43.6. The first-order valence-corrected chi connectivity index (χ1v) is 8.61. The SMILES string of the molecule is COC(=O)[C@@H]1C(=O)C=C(Nc2cccc(C(F)(F)F)c2)C[C@H]1c1ccccc1. The fraction of sp³-hybridized carbons (Fsp3) is 0.238. The number of ketones is 1. The highest BCUT2D eigenvalue weighted by molar-refractivity contribution is 6.07. The zero-order chi connectivity index (χ0) is 20.3. The van der Waals surface area contributed by atoms with Crippen molar-refractivity contribution in [3.8, 4) is 0 Å². The third-order valence-electron chi connectivity index (χ3n) is 4.64. The largest absolute Gasteiger partial charge is 0.468 e. The van der Waals surface area contributed by atoms with Gasteiger partial charge in [-0.15, -0.1) is 0 Å². The van der Waals surface area contributed by atoms with Crippen LogP contribution in [0, 0.1) is 5.92 Å². The highest BCUT2D eigenvalue weighted by Gasteiger charge is 2.39. The number of methoxy groups -OCH3 is 1. The molecule has 0 bridgehead atoms. The van der Waals surface area contributed by atoms with E-state index < -0.39 is 35.3 Å². The maximum atomic E-state index is 12.9. The average Bonchev–Trinajstić information content (AvgIpc) is 2.67. The molecule has 0 spiro atoms. The molecular weight excluding hydrogens is 371 g/mol. The number of alkyl halides is 3. The Morgan fingerprint density at radius 2 is 1.82 bits per heavy atom. The van der Waals surface area contributed by atoms with Crippen LogP contribution < -0.4 is 5.32 Å². The third kappa shape index (κ3) is 4.24. The lowest BCUT2D eigenvalue weighted by Crippen LogP contribution is -2.34. The first kappa shape index (κ1) is 19.7. The van der Waals surface area contributed by atoms with Gasteiger partial charge in [-0.05, 0) is 30.2 Å². The smallest absolute Gasteiger partial charge is 0.416 e. The van der Waals surface area contributed by atoms with Crippen LogP contribution in [-0.4, -0.2) is 18.9 Å². The summed E-state index contributed by atoms with van der Waals surface area (Å²) in [7, 11) is 1.22. The van der Waals surface area contributed by atoms with Gasteiger partial charge in [0.2, 0.25) is 0 Å². The van der Waals surface area contributed by atoms with Crippen LogP contribution >= 0.6 is 0 Å². The van der Waals surface area contributed by atoms with Gasteiger partial charge < -0.3 is 10.1 Å². The molecule has 0 aromatic heterocycles. The van der Waals surface area contributed by atoms with Gasteiger partial charge in [-0.3, -0.25) is 9.59 Å². The standard InChI is InChI=1S/C21H18F3NO3/c1-28-20(27)19-17(13-6-3-2-4-7-13)11-16(12-18(19)26)25-15-9-5-8-14(10-15)21(22,23)24/h2-10,12,17,19,25H,11H2,1H3/t17-,19-/m0/s1. The molecule has 2 aromatic rings. The molecule has 0 amide bonds. The number of nitrogens with one attached hydrogen (secondary N) is 1. The number of hydrogen-bond donors (Lipinski definition) is 1. The Bertz CT molecular complexity index is 907. The molecule has 0 radical (unpaired) electrons. The molecule has 1 aliphatic rings. The number of carbonyl (C=O) groups excluding carboxylic acids is 2. The first-order chi connectivity index (χ1) is 13.3. The minimum atomic E-state index is -4.46. The quantitative estimate of drug-likeness (QED) is 0.616. The maximum absolute atomic E-state index is 12.9. The summed E-state index contributed by atoms with van der Waals surface area (Å²) >= 11 is 0. The second-order valence-electron chi connectivity index (χ2n) is 6.50. The summed E-state index contributed by atoms with van der Waals surface area (Å²) in [4.78, 5) is 24.8. The van der Waals surface area contributed by atoms with Crippen molar-refractivity contribution in [2.45, 2.75) is 18.5 Å². The summed E-state index contributed by atoms with van der Waals surface area (Å²) in [6.45, 7) is 0. The molecule has 2 aromatic carbocycles. The van der Waals surface area contributed by atoms with Gasteiger partial charge in [-0.2, -0.15) is 13.2 Å². The Morgan fingerprint density at radius 3 is 2.46 bits per heavy atom. The highest BCUT2D eigenvalue weighted by atomic mass is 19.4. The zero-order valence-electron chi connectivity index (χ0n) is 15.0. The first-order valence-electron chi connectivity index (χ1n) is 8.61. The number of allylic oxidation sites excluding steroid dienone is 2. The van der Waals surface area contributed by atoms with Gasteiger partial charge in [0.15, 0.2) is 5.78 Å². The molecule has 0 unspecified atom stereocenters. The molecule has 0 saturated heterocycles. The molecule has 3 rings (SSSR count). The second-order valence-corrected chi connectivity index (χ2v) is 6.50. The second kappa shape index (κ2) is 7.88. The molecule has 1 N–H and O–H groups in total. The molecule has 146 valence electrons. The summed E-state index contributed by atoms with van der Waals surface area (Å²) in [6.07, 6.45) is -2.91. The van der Waals surface area contributed by atoms with Crippen molar-refractivity contribution in [1.29, 1.82) is 0 Å². The van der Waals surface area contributed by atoms with Crippen LogP contribution in [0.15, 0.2) is 66.4 Å². The van der Waals surface area contributed by atoms with Crippen molar-refractivity contribution < 1.29 is 27.5 Å². The van der Waals surface area contributed by atoms with Gasteiger partial charge in [0.05, 0.1) is 12.7 Å². The molecule has 1 aliphatic carbocycles. The van der Waals surface area contributed by atoms with Gasteiger partial charge in [-0.25, -0.2) is 0 Å². The predicted molar refractivity (Wildman–Crippen MR) is 97.5 cm³/mol. The average molecular weight is 389 g/mol. The number of benzene rings is 2. The molecular formula is C21H18F3NO3. The van der Waals surface area contributed by atoms with E-state index in [1.54, 1.807) is 24.3 Å². The van der Waals surface area contributed by atoms with E-state index in [4.69, 9.17) is 4.74 Å². The minimum Gasteiger partial charge on any atom is -0.468 e. The van der Waals surface area contributed by atoms with Crippen molar-refractivity contribution in [3.05, 3.63) is 77.5 Å². The Kier molecular flexibility index (Phi) is 5.53. The van der Waals surface area contributed by atoms with Crippen molar-refractivity contribution in [3.63, 3.8) is 0 Å². The van der Waals surface area contributed by atoms with Crippen molar-refractivity contribution >= 4 is 17.4 Å². The Labute approximate surface area is 160 Å². The summed E-state index contributed by atoms with van der Waals surface area (Å²) in [5.74, 6) is -2.53. The molecule has 0 saturated carbocycles. The van der Waals surface area contributed by atoms with Gasteiger partial charge in [-0.1, -0.05) is 36.4 Å². The number of carbonyl (C=O) groups is 2. The van der Waals surface area contributed by atoms with E-state index in [9.17, 15) is 22.8 Å². The summed E-state index contributed by atoms with van der Waals surface area (Å²) in [5.41, 5.74) is 0.658. The van der Waals surface area contributed by atoms with Gasteiger partial charge >= 0.3 is 12.1 Å². The molecule has 4 nitrogen and oxygen atoms in total. The van der Waals surface area contributed by atoms with Gasteiger partial charge in [0.1, 0.15) is 5.92 Å². The Balaban J connectivity index is 1.91. The van der Waals surface area contributed by atoms with Crippen LogP contribution in [0.3, 0.4) is 0 Å². The van der Waals surface area contributed by atoms with E-state index in [0.29, 0.717) is 5.70 Å². The van der Waals surface area contributed by atoms with E-state index in [1.807, 2.05) is 6.07 Å². The number of hydrogen-bond acceptors (Lipinski definition) is 4. The van der Waals surface area contributed by atoms with E-state index in [1.165, 1.54) is 25.3 Å². The lowest BCUT2D eigenvalue weighted by atomic mass is 9.76. The molecule has 7 heteroatoms. The van der Waals surface area contributed by atoms with Crippen molar-refractivity contribution in [2.75, 3.05) is 12.4 Å². The maximum Gasteiger partial charge on any atom is 0.416 e. The van der Waals surface area contributed by atoms with E-state index >= 15 is 0 Å². The number of halogens is 3. The van der Waals surface area contributed by atoms with Crippen LogP contribution in [0.1, 0.15) is 23.5 Å². The number of ether oxygens (including phenoxy) is 1. The monoisotopic (exact) mass is 389 g/mol. The normalized spacial score (nSPS) is 19.7. The van der Waals surface area contributed by atoms with E-state index in [-0.39, 0.29) is 12.1 Å². The number of anilines is 1. The van der Waals surface area contributed by atoms with Gasteiger partial charge in [0.25, 0.3) is 0 Å². The molecule has 0 fully saturated rings. The highest BCUT2D eigenvalue weighted by Crippen LogP contribution is 2.37. The molecule has 0 heterocycles. The fourth-order valence-electron chi connectivity index (χ4n) is 3.34. The van der Waals surface area contributed by atoms with Gasteiger partial charge in [0, 0.05) is 23.4 Å². The topological polar surface area (TPSA) is 55.4 Å². The van der Waals surface area contributed by atoms with Crippen LogP contribution in [0.5, 0.6) is 0 Å². The molecule has 2 atom stereocenters. The lowest BCUT2D eigenvalue weighted by molar-refractivity contribution is -0.149. The predicted octanol–water partition coefficient (Wildman–Crippen LogP) is 4.55. The molecule has 28 heavy (non-hydrogen) atoms. The third-order valence-corrected chi connectivity index (χ3v) is 4.64. The number of rotatable bonds is 4. The van der Waals surface area contributed by atoms with Crippen LogP contribution in [0.25, 0.3) is 0 Å². The van der Waals surface area contributed by atoms with E-state index in [0.717, 1.165) is 17.7 Å². The Hall–Kier alpha value is -3.09. The minimum absolute atomic E-state index is 0.220. The molecule has 0 aliphatic heterocycles. The Morgan fingerprint density at radius 1 is 1.11 bits per heavy atom. The van der Waals surface area contributed by atoms with Crippen molar-refractivity contribution in [1.82, 2.24) is 0 Å². The summed E-state index contributed by atoms with van der Waals surface area (Å²) in [6, 6.07) is 13.8. The van der Waals surface area contributed by atoms with Crippen molar-refractivity contribution in [2.24, 2.45) is 5.92 Å². The summed E-state index contributed by atoms with van der Waals surface area (Å²) in [5, 5.41) is 2.89. The number of esters is 1. The lowest BCUT2D eigenvalue weighted by Gasteiger charge is -2.29. The zero-order valence-corrected chi connectivity index (χ0v) is 15.0. The van der Waals surface area contributed by atoms with Crippen LogP contribution in [0.4, 0.5) is 18.9 Å². The van der Waals surface area contributed by atoms with Crippen LogP contribution in [0.2, 0.25) is 0 Å². The van der Waals surface area contributed by atoms with Crippen LogP contribution in [-0.2, 0) is 20.5 Å².